The minimum atomic E-state index is -0.945. The molecule has 2 N–H and O–H groups in total. The molecule has 0 bridgehead atoms. The van der Waals surface area contributed by atoms with Crippen LogP contribution in [0.25, 0.3) is 0 Å². The molecule has 0 radical (unpaired) electrons. The maximum atomic E-state index is 12.1. The largest absolute Gasteiger partial charge is 0.480 e. The van der Waals surface area contributed by atoms with E-state index >= 15 is 0 Å². The molecule has 19 heavy (non-hydrogen) atoms. The number of carbonyl (C=O) groups excluding carboxylic acids is 1. The number of hydrogen-bond donors (Lipinski definition) is 2. The Hall–Kier alpha value is -1.88. The summed E-state index contributed by atoms with van der Waals surface area (Å²) in [5.41, 5.74) is 2.05. The number of rotatable bonds is 4. The van der Waals surface area contributed by atoms with Gasteiger partial charge in [0.25, 0.3) is 0 Å². The number of carboxylic acid groups (broad SMARTS) is 1. The van der Waals surface area contributed by atoms with Crippen molar-refractivity contribution in [2.45, 2.75) is 25.9 Å². The van der Waals surface area contributed by atoms with Crippen molar-refractivity contribution in [1.82, 2.24) is 10.2 Å². The molecule has 5 nitrogen and oxygen atoms in total. The first kappa shape index (κ1) is 13.5. The zero-order valence-electron chi connectivity index (χ0n) is 10.9. The second kappa shape index (κ2) is 5.84. The molecular formula is C14H18N2O3. The summed E-state index contributed by atoms with van der Waals surface area (Å²) in [5.74, 6) is -1.11. The molecule has 0 spiro atoms. The molecule has 1 amide bonds. The Kier molecular flexibility index (Phi) is 4.16. The van der Waals surface area contributed by atoms with Gasteiger partial charge in [0, 0.05) is 13.0 Å². The van der Waals surface area contributed by atoms with Gasteiger partial charge < -0.3 is 15.3 Å². The average Bonchev–Trinajstić information content (AvgIpc) is 2.43. The molecule has 1 aromatic rings. The summed E-state index contributed by atoms with van der Waals surface area (Å²) in [6, 6.07) is 6.92. The highest BCUT2D eigenvalue weighted by Gasteiger charge is 2.33. The van der Waals surface area contributed by atoms with Gasteiger partial charge in [0.05, 0.1) is 6.54 Å². The molecule has 0 fully saturated rings. The van der Waals surface area contributed by atoms with Gasteiger partial charge in [-0.25, -0.2) is 4.79 Å². The predicted octanol–water partition coefficient (Wildman–Crippen LogP) is 0.634. The van der Waals surface area contributed by atoms with Crippen LogP contribution >= 0.6 is 0 Å². The molecule has 2 rings (SSSR count). The summed E-state index contributed by atoms with van der Waals surface area (Å²) in [6.07, 6.45) is 0.378. The number of nitrogens with one attached hydrogen (secondary N) is 1. The van der Waals surface area contributed by atoms with Crippen LogP contribution in [-0.2, 0) is 22.6 Å². The summed E-state index contributed by atoms with van der Waals surface area (Å²) in [4.78, 5) is 24.9. The van der Waals surface area contributed by atoms with E-state index in [1.165, 1.54) is 4.90 Å². The number of hydrogen-bond acceptors (Lipinski definition) is 3. The lowest BCUT2D eigenvalue weighted by molar-refractivity contribution is -0.151. The number of amides is 1. The fraction of sp³-hybridized carbons (Fsp3) is 0.429. The quantitative estimate of drug-likeness (QED) is 0.835. The van der Waals surface area contributed by atoms with E-state index in [0.717, 1.165) is 11.1 Å². The molecule has 102 valence electrons. The van der Waals surface area contributed by atoms with E-state index in [2.05, 4.69) is 5.32 Å². The van der Waals surface area contributed by atoms with Gasteiger partial charge >= 0.3 is 5.97 Å². The third kappa shape index (κ3) is 2.93. The highest BCUT2D eigenvalue weighted by Crippen LogP contribution is 2.23. The number of aliphatic carboxylic acids is 1. The lowest BCUT2D eigenvalue weighted by Crippen LogP contribution is -2.51. The Morgan fingerprint density at radius 1 is 1.37 bits per heavy atom. The second-order valence-corrected chi connectivity index (χ2v) is 4.63. The van der Waals surface area contributed by atoms with Gasteiger partial charge in [0.15, 0.2) is 0 Å². The SMILES string of the molecule is CCNCC(=O)N1Cc2ccccc2CC1C(=O)O. The first-order valence-electron chi connectivity index (χ1n) is 6.43. The molecule has 1 aromatic carbocycles. The molecule has 1 heterocycles. The summed E-state index contributed by atoms with van der Waals surface area (Å²) in [5, 5.41) is 12.2. The van der Waals surface area contributed by atoms with E-state index < -0.39 is 12.0 Å². The highest BCUT2D eigenvalue weighted by atomic mass is 16.4. The summed E-state index contributed by atoms with van der Waals surface area (Å²) in [6.45, 7) is 3.15. The molecule has 0 saturated carbocycles. The normalized spacial score (nSPS) is 17.9. The van der Waals surface area contributed by atoms with Gasteiger partial charge in [0.1, 0.15) is 6.04 Å². The molecular weight excluding hydrogens is 244 g/mol. The number of carbonyl (C=O) groups is 2. The second-order valence-electron chi connectivity index (χ2n) is 4.63. The highest BCUT2D eigenvalue weighted by molar-refractivity contribution is 5.85. The Labute approximate surface area is 112 Å². The Bertz CT molecular complexity index is 487. The topological polar surface area (TPSA) is 69.6 Å². The van der Waals surface area contributed by atoms with Crippen molar-refractivity contribution >= 4 is 11.9 Å². The van der Waals surface area contributed by atoms with Gasteiger partial charge in [-0.3, -0.25) is 4.79 Å². The molecule has 0 aliphatic carbocycles. The van der Waals surface area contributed by atoms with Crippen LogP contribution in [0.3, 0.4) is 0 Å². The summed E-state index contributed by atoms with van der Waals surface area (Å²) in [7, 11) is 0. The van der Waals surface area contributed by atoms with Gasteiger partial charge in [0.2, 0.25) is 5.91 Å². The number of benzene rings is 1. The Balaban J connectivity index is 2.21. The predicted molar refractivity (Wildman–Crippen MR) is 70.7 cm³/mol. The minimum Gasteiger partial charge on any atom is -0.480 e. The van der Waals surface area contributed by atoms with Crippen LogP contribution < -0.4 is 5.32 Å². The number of likely N-dealkylation sites (N-methyl/N-ethyl adjacent to an activating group) is 1. The van der Waals surface area contributed by atoms with Gasteiger partial charge in [-0.15, -0.1) is 0 Å². The van der Waals surface area contributed by atoms with Crippen molar-refractivity contribution in [2.24, 2.45) is 0 Å². The zero-order valence-corrected chi connectivity index (χ0v) is 10.9. The van der Waals surface area contributed by atoms with Gasteiger partial charge in [-0.2, -0.15) is 0 Å². The maximum absolute atomic E-state index is 12.1. The summed E-state index contributed by atoms with van der Waals surface area (Å²) >= 11 is 0. The van der Waals surface area contributed by atoms with Crippen LogP contribution in [0.5, 0.6) is 0 Å². The maximum Gasteiger partial charge on any atom is 0.326 e. The molecule has 1 unspecified atom stereocenters. The lowest BCUT2D eigenvalue weighted by atomic mass is 9.94. The van der Waals surface area contributed by atoms with Gasteiger partial charge in [-0.05, 0) is 17.7 Å². The number of fused-ring (bicyclic) bond motifs is 1. The van der Waals surface area contributed by atoms with Crippen molar-refractivity contribution < 1.29 is 14.7 Å². The van der Waals surface area contributed by atoms with Crippen molar-refractivity contribution in [3.63, 3.8) is 0 Å². The molecule has 1 aliphatic rings. The molecule has 0 saturated heterocycles. The van der Waals surface area contributed by atoms with Crippen molar-refractivity contribution in [3.8, 4) is 0 Å². The van der Waals surface area contributed by atoms with E-state index in [9.17, 15) is 14.7 Å². The molecule has 5 heteroatoms. The van der Waals surface area contributed by atoms with E-state index in [4.69, 9.17) is 0 Å². The zero-order chi connectivity index (χ0) is 13.8. The molecule has 1 atom stereocenters. The lowest BCUT2D eigenvalue weighted by Gasteiger charge is -2.34. The standard InChI is InChI=1S/C14H18N2O3/c1-2-15-8-13(17)16-9-11-6-4-3-5-10(11)7-12(16)14(18)19/h3-6,12,15H,2,7-9H2,1H3,(H,18,19). The van der Waals surface area contributed by atoms with E-state index in [0.29, 0.717) is 19.5 Å². The Morgan fingerprint density at radius 3 is 2.68 bits per heavy atom. The van der Waals surface area contributed by atoms with E-state index in [1.54, 1.807) is 0 Å². The first-order chi connectivity index (χ1) is 9.13. The van der Waals surface area contributed by atoms with Crippen molar-refractivity contribution in [3.05, 3.63) is 35.4 Å². The monoisotopic (exact) mass is 262 g/mol. The van der Waals surface area contributed by atoms with Gasteiger partial charge in [-0.1, -0.05) is 31.2 Å². The first-order valence-corrected chi connectivity index (χ1v) is 6.43. The van der Waals surface area contributed by atoms with Crippen LogP contribution in [0.1, 0.15) is 18.1 Å². The van der Waals surface area contributed by atoms with E-state index in [-0.39, 0.29) is 12.5 Å². The third-order valence-corrected chi connectivity index (χ3v) is 3.38. The summed E-state index contributed by atoms with van der Waals surface area (Å²) < 4.78 is 0. The Morgan fingerprint density at radius 2 is 2.05 bits per heavy atom. The number of carboxylic acids is 1. The average molecular weight is 262 g/mol. The van der Waals surface area contributed by atoms with Crippen molar-refractivity contribution in [1.29, 1.82) is 0 Å². The number of nitrogens with zero attached hydrogens (tertiary/aromatic N) is 1. The van der Waals surface area contributed by atoms with E-state index in [1.807, 2.05) is 31.2 Å². The van der Waals surface area contributed by atoms with Crippen molar-refractivity contribution in [2.75, 3.05) is 13.1 Å². The fourth-order valence-corrected chi connectivity index (χ4v) is 2.34. The minimum absolute atomic E-state index is 0.163. The van der Waals surface area contributed by atoms with Crippen LogP contribution in [-0.4, -0.2) is 41.0 Å². The fourth-order valence-electron chi connectivity index (χ4n) is 2.34. The third-order valence-electron chi connectivity index (χ3n) is 3.38. The van der Waals surface area contributed by atoms with Crippen LogP contribution in [0.2, 0.25) is 0 Å². The smallest absolute Gasteiger partial charge is 0.326 e. The van der Waals surface area contributed by atoms with Crippen LogP contribution in [0.15, 0.2) is 24.3 Å². The molecule has 0 aromatic heterocycles. The van der Waals surface area contributed by atoms with Crippen LogP contribution in [0.4, 0.5) is 0 Å². The molecule has 1 aliphatic heterocycles. The van der Waals surface area contributed by atoms with Crippen LogP contribution in [0, 0.1) is 0 Å².